The number of para-hydroxylation sites is 1. The van der Waals surface area contributed by atoms with Crippen molar-refractivity contribution in [2.45, 2.75) is 46.1 Å². The van der Waals surface area contributed by atoms with E-state index in [1.54, 1.807) is 6.92 Å². The minimum atomic E-state index is -0.686. The van der Waals surface area contributed by atoms with Crippen LogP contribution in [0.1, 0.15) is 44.2 Å². The van der Waals surface area contributed by atoms with Crippen LogP contribution < -0.4 is 10.6 Å². The molecule has 0 fully saturated rings. The fraction of sp³-hybridized carbons (Fsp3) is 0.500. The SMILES string of the molecule is Cc1cccc(C(C)C)c1NC(=O)C(=O)NCCC(C)O. The van der Waals surface area contributed by atoms with Gasteiger partial charge in [-0.25, -0.2) is 0 Å². The average molecular weight is 292 g/mol. The van der Waals surface area contributed by atoms with Crippen LogP contribution in [0.25, 0.3) is 0 Å². The summed E-state index contributed by atoms with van der Waals surface area (Å²) < 4.78 is 0. The van der Waals surface area contributed by atoms with Gasteiger partial charge in [-0.15, -0.1) is 0 Å². The van der Waals surface area contributed by atoms with Crippen molar-refractivity contribution in [3.05, 3.63) is 29.3 Å². The van der Waals surface area contributed by atoms with Crippen LogP contribution in [-0.4, -0.2) is 29.6 Å². The number of amides is 2. The molecule has 1 aromatic carbocycles. The molecule has 2 amide bonds. The van der Waals surface area contributed by atoms with Crippen molar-refractivity contribution in [3.8, 4) is 0 Å². The van der Waals surface area contributed by atoms with Gasteiger partial charge in [0.25, 0.3) is 0 Å². The maximum absolute atomic E-state index is 11.9. The zero-order valence-corrected chi connectivity index (χ0v) is 13.1. The number of hydrogen-bond donors (Lipinski definition) is 3. The Morgan fingerprint density at radius 1 is 1.19 bits per heavy atom. The Morgan fingerprint density at radius 2 is 1.86 bits per heavy atom. The zero-order valence-electron chi connectivity index (χ0n) is 13.1. The maximum atomic E-state index is 11.9. The predicted octanol–water partition coefficient (Wildman–Crippen LogP) is 1.94. The summed E-state index contributed by atoms with van der Waals surface area (Å²) in [5.41, 5.74) is 2.62. The molecule has 0 aliphatic heterocycles. The first-order valence-electron chi connectivity index (χ1n) is 7.19. The number of aliphatic hydroxyl groups excluding tert-OH is 1. The summed E-state index contributed by atoms with van der Waals surface area (Å²) in [6.07, 6.45) is -0.0852. The zero-order chi connectivity index (χ0) is 16.0. The van der Waals surface area contributed by atoms with Crippen LogP contribution in [0.3, 0.4) is 0 Å². The minimum absolute atomic E-state index is 0.249. The fourth-order valence-corrected chi connectivity index (χ4v) is 1.99. The third kappa shape index (κ3) is 5.19. The first-order chi connectivity index (χ1) is 9.82. The van der Waals surface area contributed by atoms with Crippen molar-refractivity contribution in [3.63, 3.8) is 0 Å². The van der Waals surface area contributed by atoms with Gasteiger partial charge >= 0.3 is 11.8 Å². The molecule has 0 saturated carbocycles. The van der Waals surface area contributed by atoms with Crippen LogP contribution in [0.15, 0.2) is 18.2 Å². The van der Waals surface area contributed by atoms with Crippen LogP contribution in [0.5, 0.6) is 0 Å². The van der Waals surface area contributed by atoms with Gasteiger partial charge in [0, 0.05) is 12.2 Å². The van der Waals surface area contributed by atoms with Crippen LogP contribution >= 0.6 is 0 Å². The minimum Gasteiger partial charge on any atom is -0.393 e. The van der Waals surface area contributed by atoms with Gasteiger partial charge in [0.1, 0.15) is 0 Å². The van der Waals surface area contributed by atoms with Crippen molar-refractivity contribution in [1.82, 2.24) is 5.32 Å². The smallest absolute Gasteiger partial charge is 0.313 e. The van der Waals surface area contributed by atoms with Crippen molar-refractivity contribution in [2.24, 2.45) is 0 Å². The number of hydrogen-bond acceptors (Lipinski definition) is 3. The van der Waals surface area contributed by atoms with Gasteiger partial charge in [-0.2, -0.15) is 0 Å². The van der Waals surface area contributed by atoms with Crippen LogP contribution in [0, 0.1) is 6.92 Å². The molecule has 21 heavy (non-hydrogen) atoms. The van der Waals surface area contributed by atoms with Gasteiger partial charge in [-0.3, -0.25) is 9.59 Å². The third-order valence-electron chi connectivity index (χ3n) is 3.22. The van der Waals surface area contributed by atoms with Gasteiger partial charge in [-0.05, 0) is 37.3 Å². The van der Waals surface area contributed by atoms with Crippen molar-refractivity contribution in [1.29, 1.82) is 0 Å². The summed E-state index contributed by atoms with van der Waals surface area (Å²) in [6.45, 7) is 7.87. The predicted molar refractivity (Wildman–Crippen MR) is 83.2 cm³/mol. The highest BCUT2D eigenvalue weighted by Gasteiger charge is 2.17. The molecular weight excluding hydrogens is 268 g/mol. The van der Waals surface area contributed by atoms with Crippen LogP contribution in [0.4, 0.5) is 5.69 Å². The molecule has 3 N–H and O–H groups in total. The maximum Gasteiger partial charge on any atom is 0.313 e. The second kappa shape index (κ2) is 7.78. The molecular formula is C16H24N2O3. The summed E-state index contributed by atoms with van der Waals surface area (Å²) in [5.74, 6) is -1.12. The number of carbonyl (C=O) groups excluding carboxylic acids is 2. The molecule has 0 spiro atoms. The largest absolute Gasteiger partial charge is 0.393 e. The molecule has 1 rings (SSSR count). The van der Waals surface area contributed by atoms with Gasteiger partial charge in [-0.1, -0.05) is 32.0 Å². The highest BCUT2D eigenvalue weighted by atomic mass is 16.3. The van der Waals surface area contributed by atoms with Crippen molar-refractivity contribution in [2.75, 3.05) is 11.9 Å². The quantitative estimate of drug-likeness (QED) is 0.726. The van der Waals surface area contributed by atoms with E-state index in [0.717, 1.165) is 11.1 Å². The summed E-state index contributed by atoms with van der Waals surface area (Å²) in [7, 11) is 0. The van der Waals surface area contributed by atoms with Gasteiger partial charge < -0.3 is 15.7 Å². The topological polar surface area (TPSA) is 78.4 Å². The lowest BCUT2D eigenvalue weighted by atomic mass is 9.98. The molecule has 5 nitrogen and oxygen atoms in total. The molecule has 1 unspecified atom stereocenters. The summed E-state index contributed by atoms with van der Waals surface area (Å²) in [6, 6.07) is 5.77. The molecule has 0 bridgehead atoms. The van der Waals surface area contributed by atoms with Crippen LogP contribution in [0.2, 0.25) is 0 Å². The number of rotatable bonds is 5. The molecule has 1 aromatic rings. The van der Waals surface area contributed by atoms with E-state index in [2.05, 4.69) is 10.6 Å². The Labute approximate surface area is 125 Å². The number of anilines is 1. The molecule has 0 saturated heterocycles. The molecule has 0 radical (unpaired) electrons. The van der Waals surface area contributed by atoms with E-state index in [1.165, 1.54) is 0 Å². The van der Waals surface area contributed by atoms with Crippen molar-refractivity contribution < 1.29 is 14.7 Å². The summed E-state index contributed by atoms with van der Waals surface area (Å²) in [5, 5.41) is 14.3. The lowest BCUT2D eigenvalue weighted by Gasteiger charge is -2.16. The van der Waals surface area contributed by atoms with Crippen molar-refractivity contribution >= 4 is 17.5 Å². The van der Waals surface area contributed by atoms with Gasteiger partial charge in [0.2, 0.25) is 0 Å². The lowest BCUT2D eigenvalue weighted by molar-refractivity contribution is -0.136. The number of nitrogens with one attached hydrogen (secondary N) is 2. The number of aryl methyl sites for hydroxylation is 1. The van der Waals surface area contributed by atoms with Gasteiger partial charge in [0.15, 0.2) is 0 Å². The molecule has 0 aliphatic rings. The second-order valence-corrected chi connectivity index (χ2v) is 5.54. The average Bonchev–Trinajstić information content (AvgIpc) is 2.40. The Morgan fingerprint density at radius 3 is 2.43 bits per heavy atom. The molecule has 0 aromatic heterocycles. The third-order valence-corrected chi connectivity index (χ3v) is 3.22. The lowest BCUT2D eigenvalue weighted by Crippen LogP contribution is -2.37. The molecule has 1 atom stereocenters. The second-order valence-electron chi connectivity index (χ2n) is 5.54. The number of aliphatic hydroxyl groups is 1. The Kier molecular flexibility index (Phi) is 6.37. The monoisotopic (exact) mass is 292 g/mol. The van der Waals surface area contributed by atoms with E-state index in [9.17, 15) is 9.59 Å². The van der Waals surface area contributed by atoms with E-state index in [4.69, 9.17) is 5.11 Å². The Balaban J connectivity index is 2.73. The van der Waals surface area contributed by atoms with E-state index in [1.807, 2.05) is 39.0 Å². The number of carbonyl (C=O) groups is 2. The fourth-order valence-electron chi connectivity index (χ4n) is 1.99. The van der Waals surface area contributed by atoms with E-state index in [-0.39, 0.29) is 12.5 Å². The standard InChI is InChI=1S/C16H24N2O3/c1-10(2)13-7-5-6-11(3)14(13)18-16(21)15(20)17-9-8-12(4)19/h5-7,10,12,19H,8-9H2,1-4H3,(H,17,20)(H,18,21). The van der Waals surface area contributed by atoms with E-state index >= 15 is 0 Å². The highest BCUT2D eigenvalue weighted by molar-refractivity contribution is 6.39. The normalized spacial score (nSPS) is 12.1. The molecule has 5 heteroatoms. The van der Waals surface area contributed by atoms with E-state index < -0.39 is 17.9 Å². The summed E-state index contributed by atoms with van der Waals surface area (Å²) >= 11 is 0. The van der Waals surface area contributed by atoms with E-state index in [0.29, 0.717) is 12.1 Å². The first kappa shape index (κ1) is 17.2. The van der Waals surface area contributed by atoms with Gasteiger partial charge in [0.05, 0.1) is 6.10 Å². The Bertz CT molecular complexity index is 510. The van der Waals surface area contributed by atoms with Crippen LogP contribution in [-0.2, 0) is 9.59 Å². The highest BCUT2D eigenvalue weighted by Crippen LogP contribution is 2.27. The molecule has 0 aliphatic carbocycles. The molecule has 0 heterocycles. The summed E-state index contributed by atoms with van der Waals surface area (Å²) in [4.78, 5) is 23.6. The number of benzene rings is 1. The Hall–Kier alpha value is -1.88. The molecule has 116 valence electrons. The first-order valence-corrected chi connectivity index (χ1v) is 7.19.